The molecule has 0 aliphatic heterocycles. The van der Waals surface area contributed by atoms with Crippen LogP contribution in [0.15, 0.2) is 0 Å². The van der Waals surface area contributed by atoms with Crippen LogP contribution in [0.2, 0.25) is 0 Å². The highest BCUT2D eigenvalue weighted by Gasteiger charge is 2.27. The summed E-state index contributed by atoms with van der Waals surface area (Å²) in [6, 6.07) is 0.239. The van der Waals surface area contributed by atoms with Gasteiger partial charge in [-0.05, 0) is 32.2 Å². The fraction of sp³-hybridized carbons (Fsp3) is 0.917. The number of hydrogen-bond acceptors (Lipinski definition) is 4. The van der Waals surface area contributed by atoms with Crippen molar-refractivity contribution in [1.29, 1.82) is 0 Å². The molecule has 0 saturated heterocycles. The molecule has 1 saturated carbocycles. The van der Waals surface area contributed by atoms with E-state index in [9.17, 15) is 4.79 Å². The van der Waals surface area contributed by atoms with Gasteiger partial charge < -0.3 is 20.5 Å². The van der Waals surface area contributed by atoms with E-state index in [4.69, 9.17) is 15.2 Å². The van der Waals surface area contributed by atoms with Crippen molar-refractivity contribution in [3.05, 3.63) is 0 Å². The highest BCUT2D eigenvalue weighted by atomic mass is 16.5. The van der Waals surface area contributed by atoms with Crippen LogP contribution in [0.1, 0.15) is 26.2 Å². The molecule has 0 radical (unpaired) electrons. The first kappa shape index (κ1) is 14.4. The van der Waals surface area contributed by atoms with Gasteiger partial charge in [-0.2, -0.15) is 0 Å². The van der Waals surface area contributed by atoms with Gasteiger partial charge in [-0.3, -0.25) is 4.79 Å². The monoisotopic (exact) mass is 244 g/mol. The average Bonchev–Trinajstić information content (AvgIpc) is 2.76. The second-order valence-corrected chi connectivity index (χ2v) is 4.35. The van der Waals surface area contributed by atoms with Crippen LogP contribution >= 0.6 is 0 Å². The zero-order chi connectivity index (χ0) is 12.5. The second-order valence-electron chi connectivity index (χ2n) is 4.35. The minimum absolute atomic E-state index is 0.0492. The van der Waals surface area contributed by atoms with Crippen molar-refractivity contribution in [2.24, 2.45) is 11.7 Å². The lowest BCUT2D eigenvalue weighted by molar-refractivity contribution is -0.127. The Kier molecular flexibility index (Phi) is 7.16. The lowest BCUT2D eigenvalue weighted by Crippen LogP contribution is -2.41. The standard InChI is InChI=1S/C12H24N2O3/c1-2-16-6-7-17-9-12(15)14-11-5-3-4-10(11)8-13/h10-11H,2-9,13H2,1H3,(H,14,15). The molecule has 0 spiro atoms. The summed E-state index contributed by atoms with van der Waals surface area (Å²) < 4.78 is 10.3. The maximum absolute atomic E-state index is 11.6. The first-order chi connectivity index (χ1) is 8.27. The Balaban J connectivity index is 2.08. The van der Waals surface area contributed by atoms with Crippen molar-refractivity contribution in [3.63, 3.8) is 0 Å². The number of nitrogens with two attached hydrogens (primary N) is 1. The molecule has 0 aromatic heterocycles. The maximum atomic E-state index is 11.6. The molecule has 0 aromatic carbocycles. The molecule has 5 heteroatoms. The number of rotatable bonds is 8. The molecule has 100 valence electrons. The molecule has 0 aromatic rings. The topological polar surface area (TPSA) is 73.6 Å². The van der Waals surface area contributed by atoms with Crippen molar-refractivity contribution >= 4 is 5.91 Å². The average molecular weight is 244 g/mol. The normalized spacial score (nSPS) is 23.9. The van der Waals surface area contributed by atoms with E-state index < -0.39 is 0 Å². The van der Waals surface area contributed by atoms with Crippen LogP contribution in [0.3, 0.4) is 0 Å². The highest BCUT2D eigenvalue weighted by molar-refractivity contribution is 5.77. The molecule has 0 bridgehead atoms. The number of hydrogen-bond donors (Lipinski definition) is 2. The highest BCUT2D eigenvalue weighted by Crippen LogP contribution is 2.24. The predicted octanol–water partition coefficient (Wildman–Crippen LogP) is 0.283. The first-order valence-electron chi connectivity index (χ1n) is 6.42. The van der Waals surface area contributed by atoms with Gasteiger partial charge in [-0.15, -0.1) is 0 Å². The summed E-state index contributed by atoms with van der Waals surface area (Å²) in [5.41, 5.74) is 5.66. The smallest absolute Gasteiger partial charge is 0.246 e. The molecular weight excluding hydrogens is 220 g/mol. The zero-order valence-corrected chi connectivity index (χ0v) is 10.6. The van der Waals surface area contributed by atoms with E-state index >= 15 is 0 Å². The molecular formula is C12H24N2O3. The Hall–Kier alpha value is -0.650. The molecule has 17 heavy (non-hydrogen) atoms. The van der Waals surface area contributed by atoms with Crippen LogP contribution in [0.25, 0.3) is 0 Å². The van der Waals surface area contributed by atoms with E-state index in [2.05, 4.69) is 5.32 Å². The zero-order valence-electron chi connectivity index (χ0n) is 10.6. The van der Waals surface area contributed by atoms with E-state index in [1.54, 1.807) is 0 Å². The first-order valence-corrected chi connectivity index (χ1v) is 6.42. The molecule has 1 amide bonds. The molecule has 2 atom stereocenters. The van der Waals surface area contributed by atoms with Crippen molar-refractivity contribution < 1.29 is 14.3 Å². The van der Waals surface area contributed by atoms with E-state index in [1.807, 2.05) is 6.92 Å². The number of amides is 1. The van der Waals surface area contributed by atoms with Crippen molar-refractivity contribution in [1.82, 2.24) is 5.32 Å². The number of carbonyl (C=O) groups excluding carboxylic acids is 1. The minimum Gasteiger partial charge on any atom is -0.379 e. The summed E-state index contributed by atoms with van der Waals surface area (Å²) in [5, 5.41) is 2.99. The van der Waals surface area contributed by atoms with Gasteiger partial charge in [0, 0.05) is 12.6 Å². The third-order valence-corrected chi connectivity index (χ3v) is 3.12. The lowest BCUT2D eigenvalue weighted by atomic mass is 10.0. The fourth-order valence-electron chi connectivity index (χ4n) is 2.18. The Morgan fingerprint density at radius 3 is 2.82 bits per heavy atom. The SMILES string of the molecule is CCOCCOCC(=O)NC1CCCC1CN. The Labute approximate surface area is 103 Å². The summed E-state index contributed by atoms with van der Waals surface area (Å²) in [4.78, 5) is 11.6. The van der Waals surface area contributed by atoms with E-state index in [0.717, 1.165) is 19.3 Å². The van der Waals surface area contributed by atoms with Gasteiger partial charge in [-0.25, -0.2) is 0 Å². The van der Waals surface area contributed by atoms with E-state index in [-0.39, 0.29) is 18.6 Å². The molecule has 1 rings (SSSR count). The third kappa shape index (κ3) is 5.48. The summed E-state index contributed by atoms with van der Waals surface area (Å²) in [6.45, 7) is 4.37. The van der Waals surface area contributed by atoms with Gasteiger partial charge in [-0.1, -0.05) is 6.42 Å². The van der Waals surface area contributed by atoms with Crippen molar-refractivity contribution in [3.8, 4) is 0 Å². The molecule has 3 N–H and O–H groups in total. The van der Waals surface area contributed by atoms with Crippen LogP contribution in [-0.4, -0.2) is 44.9 Å². The number of nitrogens with one attached hydrogen (secondary N) is 1. The van der Waals surface area contributed by atoms with Gasteiger partial charge in [0.25, 0.3) is 0 Å². The number of ether oxygens (including phenoxy) is 2. The fourth-order valence-corrected chi connectivity index (χ4v) is 2.18. The predicted molar refractivity (Wildman–Crippen MR) is 65.6 cm³/mol. The molecule has 0 heterocycles. The van der Waals surface area contributed by atoms with Crippen molar-refractivity contribution in [2.45, 2.75) is 32.2 Å². The van der Waals surface area contributed by atoms with Gasteiger partial charge >= 0.3 is 0 Å². The third-order valence-electron chi connectivity index (χ3n) is 3.12. The van der Waals surface area contributed by atoms with Crippen LogP contribution in [0, 0.1) is 5.92 Å². The van der Waals surface area contributed by atoms with E-state index in [1.165, 1.54) is 0 Å². The van der Waals surface area contributed by atoms with Crippen molar-refractivity contribution in [2.75, 3.05) is 33.0 Å². The minimum atomic E-state index is -0.0492. The summed E-state index contributed by atoms with van der Waals surface area (Å²) in [5.74, 6) is 0.384. The quantitative estimate of drug-likeness (QED) is 0.602. The molecule has 1 aliphatic rings. The number of carbonyl (C=O) groups is 1. The van der Waals surface area contributed by atoms with Gasteiger partial charge in [0.2, 0.25) is 5.91 Å². The Bertz CT molecular complexity index is 224. The van der Waals surface area contributed by atoms with Gasteiger partial charge in [0.15, 0.2) is 0 Å². The second kappa shape index (κ2) is 8.44. The van der Waals surface area contributed by atoms with Crippen LogP contribution in [-0.2, 0) is 14.3 Å². The molecule has 5 nitrogen and oxygen atoms in total. The molecule has 1 fully saturated rings. The van der Waals surface area contributed by atoms with Crippen LogP contribution in [0.4, 0.5) is 0 Å². The Morgan fingerprint density at radius 1 is 1.35 bits per heavy atom. The lowest BCUT2D eigenvalue weighted by Gasteiger charge is -2.19. The van der Waals surface area contributed by atoms with Crippen LogP contribution < -0.4 is 11.1 Å². The van der Waals surface area contributed by atoms with Crippen LogP contribution in [0.5, 0.6) is 0 Å². The van der Waals surface area contributed by atoms with Gasteiger partial charge in [0.1, 0.15) is 6.61 Å². The molecule has 2 unspecified atom stereocenters. The van der Waals surface area contributed by atoms with E-state index in [0.29, 0.717) is 32.3 Å². The maximum Gasteiger partial charge on any atom is 0.246 e. The largest absolute Gasteiger partial charge is 0.379 e. The van der Waals surface area contributed by atoms with Gasteiger partial charge in [0.05, 0.1) is 13.2 Å². The molecule has 1 aliphatic carbocycles. The summed E-state index contributed by atoms with van der Waals surface area (Å²) >= 11 is 0. The summed E-state index contributed by atoms with van der Waals surface area (Å²) in [6.07, 6.45) is 3.30. The summed E-state index contributed by atoms with van der Waals surface area (Å²) in [7, 11) is 0. The Morgan fingerprint density at radius 2 is 2.12 bits per heavy atom.